The first kappa shape index (κ1) is 15.6. The van der Waals surface area contributed by atoms with Gasteiger partial charge >= 0.3 is 6.03 Å². The Balaban J connectivity index is 1.55. The van der Waals surface area contributed by atoms with Crippen molar-refractivity contribution in [3.63, 3.8) is 0 Å². The van der Waals surface area contributed by atoms with Gasteiger partial charge in [-0.1, -0.05) is 25.7 Å². The van der Waals surface area contributed by atoms with Gasteiger partial charge in [-0.3, -0.25) is 4.79 Å². The monoisotopic (exact) mass is 307 g/mol. The lowest BCUT2D eigenvalue weighted by Crippen LogP contribution is -2.55. The summed E-state index contributed by atoms with van der Waals surface area (Å²) >= 11 is 0. The molecule has 2 N–H and O–H groups in total. The second-order valence-electron chi connectivity index (χ2n) is 7.22. The standard InChI is InChI=1S/C17H29N3O2/c18-17(22)20(14-7-2-1-3-8-14)15-9-11-19(12-10-15)16(21)13-5-4-6-13/h13-15H,1-12H2,(H2,18,22). The molecule has 0 aromatic heterocycles. The summed E-state index contributed by atoms with van der Waals surface area (Å²) in [6, 6.07) is 0.284. The van der Waals surface area contributed by atoms with Crippen LogP contribution in [-0.4, -0.2) is 46.9 Å². The molecule has 3 amide bonds. The predicted octanol–water partition coefficient (Wildman–Crippen LogP) is 2.49. The summed E-state index contributed by atoms with van der Waals surface area (Å²) in [5.41, 5.74) is 5.68. The topological polar surface area (TPSA) is 66.6 Å². The van der Waals surface area contributed by atoms with Crippen molar-refractivity contribution >= 4 is 11.9 Å². The predicted molar refractivity (Wildman–Crippen MR) is 85.2 cm³/mol. The highest BCUT2D eigenvalue weighted by atomic mass is 16.2. The van der Waals surface area contributed by atoms with Crippen LogP contribution in [-0.2, 0) is 4.79 Å². The van der Waals surface area contributed by atoms with Crippen molar-refractivity contribution in [1.82, 2.24) is 9.80 Å². The molecule has 0 aromatic rings. The van der Waals surface area contributed by atoms with Crippen molar-refractivity contribution in [3.8, 4) is 0 Å². The summed E-state index contributed by atoms with van der Waals surface area (Å²) in [6.07, 6.45) is 11.0. The number of nitrogens with two attached hydrogens (primary N) is 1. The maximum Gasteiger partial charge on any atom is 0.315 e. The molecule has 2 saturated carbocycles. The number of hydrogen-bond acceptors (Lipinski definition) is 2. The molecule has 0 aromatic carbocycles. The van der Waals surface area contributed by atoms with E-state index in [1.165, 1.54) is 25.7 Å². The Morgan fingerprint density at radius 2 is 1.41 bits per heavy atom. The van der Waals surface area contributed by atoms with Crippen LogP contribution in [0.25, 0.3) is 0 Å². The number of rotatable bonds is 3. The summed E-state index contributed by atoms with van der Waals surface area (Å²) in [7, 11) is 0. The average Bonchev–Trinajstić information content (AvgIpc) is 2.47. The highest BCUT2D eigenvalue weighted by Crippen LogP contribution is 2.31. The molecule has 1 heterocycles. The maximum atomic E-state index is 12.3. The van der Waals surface area contributed by atoms with Crippen LogP contribution >= 0.6 is 0 Å². The third-order valence-electron chi connectivity index (χ3n) is 5.85. The number of piperidine rings is 1. The van der Waals surface area contributed by atoms with Gasteiger partial charge in [0.15, 0.2) is 0 Å². The molecule has 0 bridgehead atoms. The summed E-state index contributed by atoms with van der Waals surface area (Å²) in [5.74, 6) is 0.620. The van der Waals surface area contributed by atoms with Gasteiger partial charge in [-0.25, -0.2) is 4.79 Å². The van der Waals surface area contributed by atoms with Crippen molar-refractivity contribution in [2.24, 2.45) is 11.7 Å². The largest absolute Gasteiger partial charge is 0.351 e. The summed E-state index contributed by atoms with van der Waals surface area (Å²) in [4.78, 5) is 28.2. The lowest BCUT2D eigenvalue weighted by Gasteiger charge is -2.43. The molecular weight excluding hydrogens is 278 g/mol. The first-order valence-corrected chi connectivity index (χ1v) is 9.03. The third-order valence-corrected chi connectivity index (χ3v) is 5.85. The number of hydrogen-bond donors (Lipinski definition) is 1. The number of urea groups is 1. The zero-order valence-corrected chi connectivity index (χ0v) is 13.5. The second-order valence-corrected chi connectivity index (χ2v) is 7.22. The van der Waals surface area contributed by atoms with Crippen molar-refractivity contribution in [2.45, 2.75) is 76.3 Å². The van der Waals surface area contributed by atoms with Crippen LogP contribution in [0.15, 0.2) is 0 Å². The van der Waals surface area contributed by atoms with Gasteiger partial charge in [-0.05, 0) is 38.5 Å². The molecule has 3 fully saturated rings. The van der Waals surface area contributed by atoms with Crippen LogP contribution in [0.4, 0.5) is 4.79 Å². The van der Waals surface area contributed by atoms with E-state index in [2.05, 4.69) is 0 Å². The van der Waals surface area contributed by atoms with E-state index >= 15 is 0 Å². The quantitative estimate of drug-likeness (QED) is 0.870. The van der Waals surface area contributed by atoms with Gasteiger partial charge in [0.25, 0.3) is 0 Å². The Morgan fingerprint density at radius 3 is 1.91 bits per heavy atom. The van der Waals surface area contributed by atoms with Crippen molar-refractivity contribution < 1.29 is 9.59 Å². The Bertz CT molecular complexity index is 408. The molecule has 0 atom stereocenters. The Labute approximate surface area is 133 Å². The third kappa shape index (κ3) is 3.23. The average molecular weight is 307 g/mol. The lowest BCUT2D eigenvalue weighted by atomic mass is 9.83. The highest BCUT2D eigenvalue weighted by Gasteiger charge is 2.36. The minimum Gasteiger partial charge on any atom is -0.351 e. The fraction of sp³-hybridized carbons (Fsp3) is 0.882. The number of amides is 3. The molecule has 5 nitrogen and oxygen atoms in total. The van der Waals surface area contributed by atoms with Crippen LogP contribution in [0.5, 0.6) is 0 Å². The highest BCUT2D eigenvalue weighted by molar-refractivity contribution is 5.79. The van der Waals surface area contributed by atoms with Gasteiger partial charge in [-0.2, -0.15) is 0 Å². The van der Waals surface area contributed by atoms with Gasteiger partial charge in [0.2, 0.25) is 5.91 Å². The molecule has 0 unspecified atom stereocenters. The Hall–Kier alpha value is -1.26. The number of carbonyl (C=O) groups excluding carboxylic acids is 2. The summed E-state index contributed by atoms with van der Waals surface area (Å²) in [6.45, 7) is 1.58. The van der Waals surface area contributed by atoms with Crippen LogP contribution in [0.2, 0.25) is 0 Å². The van der Waals surface area contributed by atoms with Crippen LogP contribution in [0, 0.1) is 5.92 Å². The molecule has 5 heteroatoms. The van der Waals surface area contributed by atoms with E-state index in [0.717, 1.165) is 51.6 Å². The van der Waals surface area contributed by atoms with Crippen molar-refractivity contribution in [2.75, 3.05) is 13.1 Å². The van der Waals surface area contributed by atoms with E-state index in [0.29, 0.717) is 11.9 Å². The smallest absolute Gasteiger partial charge is 0.315 e. The summed E-state index contributed by atoms with van der Waals surface area (Å²) in [5, 5.41) is 0. The first-order chi connectivity index (χ1) is 10.7. The molecule has 1 aliphatic heterocycles. The normalized spacial score (nSPS) is 24.8. The van der Waals surface area contributed by atoms with Crippen LogP contribution < -0.4 is 5.73 Å². The zero-order chi connectivity index (χ0) is 15.5. The van der Waals surface area contributed by atoms with Crippen molar-refractivity contribution in [3.05, 3.63) is 0 Å². The number of nitrogens with zero attached hydrogens (tertiary/aromatic N) is 2. The van der Waals surface area contributed by atoms with Gasteiger partial charge in [0, 0.05) is 31.1 Å². The molecule has 0 spiro atoms. The number of primary amides is 1. The molecule has 3 aliphatic rings. The first-order valence-electron chi connectivity index (χ1n) is 9.03. The van der Waals surface area contributed by atoms with E-state index < -0.39 is 0 Å². The van der Waals surface area contributed by atoms with Gasteiger partial charge in [-0.15, -0.1) is 0 Å². The van der Waals surface area contributed by atoms with E-state index in [9.17, 15) is 9.59 Å². The van der Waals surface area contributed by atoms with E-state index in [1.807, 2.05) is 9.80 Å². The minimum absolute atomic E-state index is 0.228. The van der Waals surface area contributed by atoms with Crippen LogP contribution in [0.1, 0.15) is 64.2 Å². The van der Waals surface area contributed by atoms with Crippen LogP contribution in [0.3, 0.4) is 0 Å². The van der Waals surface area contributed by atoms with E-state index in [-0.39, 0.29) is 18.0 Å². The summed E-state index contributed by atoms with van der Waals surface area (Å²) < 4.78 is 0. The fourth-order valence-corrected chi connectivity index (χ4v) is 4.30. The van der Waals surface area contributed by atoms with Gasteiger partial charge in [0.05, 0.1) is 0 Å². The molecule has 1 saturated heterocycles. The van der Waals surface area contributed by atoms with Crippen molar-refractivity contribution in [1.29, 1.82) is 0 Å². The molecule has 124 valence electrons. The maximum absolute atomic E-state index is 12.3. The van der Waals surface area contributed by atoms with Gasteiger partial charge in [0.1, 0.15) is 0 Å². The SMILES string of the molecule is NC(=O)N(C1CCCCC1)C1CCN(C(=O)C2CCC2)CC1. The molecule has 0 radical (unpaired) electrons. The minimum atomic E-state index is -0.268. The molecule has 3 rings (SSSR count). The zero-order valence-electron chi connectivity index (χ0n) is 13.5. The lowest BCUT2D eigenvalue weighted by molar-refractivity contribution is -0.139. The molecule has 2 aliphatic carbocycles. The van der Waals surface area contributed by atoms with E-state index in [4.69, 9.17) is 5.73 Å². The Kier molecular flexibility index (Phi) is 4.89. The van der Waals surface area contributed by atoms with E-state index in [1.54, 1.807) is 0 Å². The Morgan fingerprint density at radius 1 is 0.818 bits per heavy atom. The van der Waals surface area contributed by atoms with Gasteiger partial charge < -0.3 is 15.5 Å². The molecule has 22 heavy (non-hydrogen) atoms. The fourth-order valence-electron chi connectivity index (χ4n) is 4.30. The second kappa shape index (κ2) is 6.88. The number of carbonyl (C=O) groups is 2. The molecular formula is C17H29N3O2. The number of likely N-dealkylation sites (tertiary alicyclic amines) is 1.